The molecule has 90 valence electrons. The Morgan fingerprint density at radius 3 is 2.88 bits per heavy atom. The molecule has 1 aromatic carbocycles. The smallest absolute Gasteiger partial charge is 0.228 e. The molecule has 2 N–H and O–H groups in total. The highest BCUT2D eigenvalue weighted by atomic mass is 35.5. The molecule has 0 aromatic heterocycles. The molecule has 0 aliphatic heterocycles. The van der Waals surface area contributed by atoms with E-state index in [4.69, 9.17) is 16.9 Å². The van der Waals surface area contributed by atoms with Gasteiger partial charge >= 0.3 is 0 Å². The number of amides is 1. The minimum absolute atomic E-state index is 0.141. The number of benzene rings is 1. The Morgan fingerprint density at radius 1 is 1.59 bits per heavy atom. The highest BCUT2D eigenvalue weighted by molar-refractivity contribution is 6.31. The van der Waals surface area contributed by atoms with Gasteiger partial charge in [-0.3, -0.25) is 4.79 Å². The van der Waals surface area contributed by atoms with Crippen LogP contribution in [0, 0.1) is 17.2 Å². The molecule has 1 aromatic rings. The summed E-state index contributed by atoms with van der Waals surface area (Å²) in [5, 5.41) is 15.0. The third kappa shape index (κ3) is 3.74. The third-order valence-corrected chi connectivity index (χ3v) is 2.55. The fourth-order valence-corrected chi connectivity index (χ4v) is 1.54. The number of rotatable bonds is 4. The molecule has 0 saturated heterocycles. The topological polar surface area (TPSA) is 64.9 Å². The molecule has 17 heavy (non-hydrogen) atoms. The van der Waals surface area contributed by atoms with Crippen LogP contribution in [0.2, 0.25) is 5.02 Å². The first kappa shape index (κ1) is 13.5. The van der Waals surface area contributed by atoms with Crippen molar-refractivity contribution in [3.8, 4) is 6.07 Å². The minimum Gasteiger partial charge on any atom is -0.325 e. The van der Waals surface area contributed by atoms with Crippen molar-refractivity contribution in [2.75, 3.05) is 18.9 Å². The van der Waals surface area contributed by atoms with E-state index >= 15 is 0 Å². The number of carbonyl (C=O) groups excluding carboxylic acids is 1. The number of halogens is 1. The molecule has 0 saturated carbocycles. The van der Waals surface area contributed by atoms with Gasteiger partial charge in [0, 0.05) is 17.5 Å². The van der Waals surface area contributed by atoms with Gasteiger partial charge in [0.1, 0.15) is 6.07 Å². The fraction of sp³-hybridized carbons (Fsp3) is 0.333. The average molecular weight is 252 g/mol. The van der Waals surface area contributed by atoms with Gasteiger partial charge in [-0.15, -0.1) is 0 Å². The number of nitrogens with one attached hydrogen (secondary N) is 2. The van der Waals surface area contributed by atoms with Gasteiger partial charge in [0.25, 0.3) is 0 Å². The minimum atomic E-state index is -0.175. The van der Waals surface area contributed by atoms with Crippen molar-refractivity contribution >= 4 is 23.2 Å². The van der Waals surface area contributed by atoms with Crippen LogP contribution in [-0.4, -0.2) is 19.5 Å². The lowest BCUT2D eigenvalue weighted by atomic mass is 10.1. The third-order valence-electron chi connectivity index (χ3n) is 2.32. The first-order valence-corrected chi connectivity index (χ1v) is 5.61. The van der Waals surface area contributed by atoms with Gasteiger partial charge in [0.2, 0.25) is 5.91 Å². The van der Waals surface area contributed by atoms with Crippen LogP contribution in [0.1, 0.15) is 12.5 Å². The van der Waals surface area contributed by atoms with E-state index in [-0.39, 0.29) is 11.8 Å². The summed E-state index contributed by atoms with van der Waals surface area (Å²) in [6, 6.07) is 6.79. The summed E-state index contributed by atoms with van der Waals surface area (Å²) in [6.07, 6.45) is 0. The van der Waals surface area contributed by atoms with Crippen LogP contribution in [0.15, 0.2) is 18.2 Å². The maximum absolute atomic E-state index is 11.8. The van der Waals surface area contributed by atoms with Crippen molar-refractivity contribution in [2.24, 2.45) is 5.92 Å². The Bertz CT molecular complexity index is 454. The number of hydrogen-bond donors (Lipinski definition) is 2. The second kappa shape index (κ2) is 6.24. The zero-order chi connectivity index (χ0) is 12.8. The van der Waals surface area contributed by atoms with Gasteiger partial charge in [-0.25, -0.2) is 0 Å². The second-order valence-corrected chi connectivity index (χ2v) is 4.19. The van der Waals surface area contributed by atoms with Crippen LogP contribution in [-0.2, 0) is 4.79 Å². The molecule has 1 amide bonds. The van der Waals surface area contributed by atoms with Gasteiger partial charge in [-0.05, 0) is 25.2 Å². The number of nitrogens with zero attached hydrogens (tertiary/aromatic N) is 1. The molecule has 5 heteroatoms. The van der Waals surface area contributed by atoms with E-state index in [0.717, 1.165) is 0 Å². The normalized spacial score (nSPS) is 11.6. The zero-order valence-corrected chi connectivity index (χ0v) is 10.5. The maximum Gasteiger partial charge on any atom is 0.228 e. The number of hydrogen-bond acceptors (Lipinski definition) is 3. The molecule has 0 aliphatic rings. The second-order valence-electron chi connectivity index (χ2n) is 3.75. The summed E-state index contributed by atoms with van der Waals surface area (Å²) in [4.78, 5) is 11.8. The molecule has 0 bridgehead atoms. The van der Waals surface area contributed by atoms with Crippen molar-refractivity contribution in [3.05, 3.63) is 28.8 Å². The predicted molar refractivity (Wildman–Crippen MR) is 67.9 cm³/mol. The zero-order valence-electron chi connectivity index (χ0n) is 9.75. The van der Waals surface area contributed by atoms with E-state index in [0.29, 0.717) is 22.8 Å². The van der Waals surface area contributed by atoms with Crippen LogP contribution in [0.5, 0.6) is 0 Å². The van der Waals surface area contributed by atoms with E-state index in [1.807, 2.05) is 13.0 Å². The lowest BCUT2D eigenvalue weighted by molar-refractivity contribution is -0.119. The largest absolute Gasteiger partial charge is 0.325 e. The van der Waals surface area contributed by atoms with Crippen LogP contribution >= 0.6 is 11.6 Å². The van der Waals surface area contributed by atoms with Crippen molar-refractivity contribution < 1.29 is 4.79 Å². The summed E-state index contributed by atoms with van der Waals surface area (Å²) in [6.45, 7) is 2.39. The maximum atomic E-state index is 11.8. The molecular weight excluding hydrogens is 238 g/mol. The molecule has 0 aliphatic carbocycles. The summed E-state index contributed by atoms with van der Waals surface area (Å²) < 4.78 is 0. The van der Waals surface area contributed by atoms with Gasteiger partial charge in [-0.2, -0.15) is 5.26 Å². The molecule has 4 nitrogen and oxygen atoms in total. The molecule has 0 fully saturated rings. The van der Waals surface area contributed by atoms with Gasteiger partial charge < -0.3 is 10.6 Å². The SMILES string of the molecule is CNCC(C)C(=O)Nc1cc(Cl)ccc1C#N. The lowest BCUT2D eigenvalue weighted by Crippen LogP contribution is -2.28. The van der Waals surface area contributed by atoms with Crippen LogP contribution in [0.3, 0.4) is 0 Å². The average Bonchev–Trinajstić information content (AvgIpc) is 2.29. The Hall–Kier alpha value is -1.57. The molecule has 0 spiro atoms. The van der Waals surface area contributed by atoms with Gasteiger partial charge in [0.15, 0.2) is 0 Å². The van der Waals surface area contributed by atoms with Crippen LogP contribution in [0.4, 0.5) is 5.69 Å². The van der Waals surface area contributed by atoms with Gasteiger partial charge in [-0.1, -0.05) is 18.5 Å². The van der Waals surface area contributed by atoms with E-state index in [2.05, 4.69) is 10.6 Å². The monoisotopic (exact) mass is 251 g/mol. The predicted octanol–water partition coefficient (Wildman–Crippen LogP) is 2.01. The Balaban J connectivity index is 2.84. The molecular formula is C12H14ClN3O. The molecule has 1 unspecified atom stereocenters. The van der Waals surface area contributed by atoms with E-state index in [1.54, 1.807) is 25.2 Å². The molecule has 1 rings (SSSR count). The molecule has 0 radical (unpaired) electrons. The summed E-state index contributed by atoms with van der Waals surface area (Å²) >= 11 is 5.82. The lowest BCUT2D eigenvalue weighted by Gasteiger charge is -2.12. The van der Waals surface area contributed by atoms with Crippen molar-refractivity contribution in [1.29, 1.82) is 5.26 Å². The van der Waals surface area contributed by atoms with Crippen molar-refractivity contribution in [2.45, 2.75) is 6.92 Å². The Kier molecular flexibility index (Phi) is 4.95. The summed E-state index contributed by atoms with van der Waals surface area (Å²) in [5.41, 5.74) is 0.854. The highest BCUT2D eigenvalue weighted by Crippen LogP contribution is 2.20. The van der Waals surface area contributed by atoms with E-state index < -0.39 is 0 Å². The number of carbonyl (C=O) groups is 1. The van der Waals surface area contributed by atoms with Gasteiger partial charge in [0.05, 0.1) is 11.3 Å². The Labute approximate surface area is 106 Å². The van der Waals surface area contributed by atoms with Crippen LogP contribution in [0.25, 0.3) is 0 Å². The first-order chi connectivity index (χ1) is 8.08. The van der Waals surface area contributed by atoms with Crippen molar-refractivity contribution in [3.63, 3.8) is 0 Å². The fourth-order valence-electron chi connectivity index (χ4n) is 1.37. The van der Waals surface area contributed by atoms with E-state index in [9.17, 15) is 4.79 Å². The summed E-state index contributed by atoms with van der Waals surface area (Å²) in [7, 11) is 1.78. The molecule has 0 heterocycles. The Morgan fingerprint density at radius 2 is 2.29 bits per heavy atom. The van der Waals surface area contributed by atoms with E-state index in [1.165, 1.54) is 0 Å². The highest BCUT2D eigenvalue weighted by Gasteiger charge is 2.13. The standard InChI is InChI=1S/C12H14ClN3O/c1-8(7-15-2)12(17)16-11-5-10(13)4-3-9(11)6-14/h3-5,8,15H,7H2,1-2H3,(H,16,17). The first-order valence-electron chi connectivity index (χ1n) is 5.23. The number of anilines is 1. The number of nitriles is 1. The summed E-state index contributed by atoms with van der Waals surface area (Å²) in [5.74, 6) is -0.316. The van der Waals surface area contributed by atoms with Crippen molar-refractivity contribution in [1.82, 2.24) is 5.32 Å². The quantitative estimate of drug-likeness (QED) is 0.860. The van der Waals surface area contributed by atoms with Crippen LogP contribution < -0.4 is 10.6 Å². The molecule has 1 atom stereocenters.